The highest BCUT2D eigenvalue weighted by atomic mass is 16.4. The van der Waals surface area contributed by atoms with E-state index in [1.165, 1.54) is 6.07 Å². The molecule has 2 N–H and O–H groups in total. The molecule has 6 nitrogen and oxygen atoms in total. The number of carboxylic acids is 1. The minimum absolute atomic E-state index is 0.0895. The van der Waals surface area contributed by atoms with Crippen LogP contribution < -0.4 is 5.63 Å². The molecule has 0 amide bonds. The molecule has 0 bridgehead atoms. The lowest BCUT2D eigenvalue weighted by atomic mass is 9.96. The lowest BCUT2D eigenvalue weighted by molar-refractivity contribution is -0.143. The normalized spacial score (nSPS) is 16.7. The van der Waals surface area contributed by atoms with Gasteiger partial charge in [0.1, 0.15) is 11.3 Å². The summed E-state index contributed by atoms with van der Waals surface area (Å²) in [7, 11) is 0. The molecule has 2 aromatic rings. The zero-order chi connectivity index (χ0) is 16.6. The molecule has 0 radical (unpaired) electrons. The van der Waals surface area contributed by atoms with Gasteiger partial charge in [0.05, 0.1) is 11.5 Å². The average Bonchev–Trinajstić information content (AvgIpc) is 2.50. The first-order valence-electron chi connectivity index (χ1n) is 7.66. The molecule has 1 aromatic heterocycles. The molecule has 1 fully saturated rings. The predicted molar refractivity (Wildman–Crippen MR) is 84.5 cm³/mol. The molecule has 122 valence electrons. The first-order chi connectivity index (χ1) is 11.0. The van der Waals surface area contributed by atoms with Crippen LogP contribution in [-0.2, 0) is 11.3 Å². The van der Waals surface area contributed by atoms with Crippen molar-refractivity contribution in [3.63, 3.8) is 0 Å². The van der Waals surface area contributed by atoms with Gasteiger partial charge in [-0.3, -0.25) is 9.69 Å². The summed E-state index contributed by atoms with van der Waals surface area (Å²) in [5.41, 5.74) is 1.36. The molecule has 0 atom stereocenters. The van der Waals surface area contributed by atoms with Gasteiger partial charge in [-0.05, 0) is 50.6 Å². The number of benzene rings is 1. The molecule has 23 heavy (non-hydrogen) atoms. The number of phenols is 1. The molecular weight excluding hydrogens is 298 g/mol. The number of likely N-dealkylation sites (tertiary alicyclic amines) is 1. The van der Waals surface area contributed by atoms with Gasteiger partial charge in [0.15, 0.2) is 0 Å². The third kappa shape index (κ3) is 3.07. The van der Waals surface area contributed by atoms with Crippen molar-refractivity contribution in [1.82, 2.24) is 4.90 Å². The predicted octanol–water partition coefficient (Wildman–Crippen LogP) is 2.10. The van der Waals surface area contributed by atoms with Crippen LogP contribution in [0.15, 0.2) is 27.4 Å². The lowest BCUT2D eigenvalue weighted by Gasteiger charge is -2.30. The van der Waals surface area contributed by atoms with Crippen molar-refractivity contribution in [3.8, 4) is 5.75 Å². The minimum Gasteiger partial charge on any atom is -0.507 e. The lowest BCUT2D eigenvalue weighted by Crippen LogP contribution is -2.35. The molecular formula is C17H19NO5. The zero-order valence-electron chi connectivity index (χ0n) is 12.9. The van der Waals surface area contributed by atoms with E-state index >= 15 is 0 Å². The number of carboxylic acid groups (broad SMARTS) is 1. The number of aromatic hydroxyl groups is 1. The van der Waals surface area contributed by atoms with Crippen molar-refractivity contribution in [2.24, 2.45) is 5.92 Å². The fourth-order valence-electron chi connectivity index (χ4n) is 3.14. The largest absolute Gasteiger partial charge is 0.507 e. The van der Waals surface area contributed by atoms with Gasteiger partial charge in [-0.2, -0.15) is 0 Å². The Kier molecular flexibility index (Phi) is 4.09. The Balaban J connectivity index is 1.90. The number of aryl methyl sites for hydroxylation is 1. The van der Waals surface area contributed by atoms with Crippen LogP contribution in [0.25, 0.3) is 11.0 Å². The quantitative estimate of drug-likeness (QED) is 0.843. The van der Waals surface area contributed by atoms with Gasteiger partial charge in [-0.15, -0.1) is 0 Å². The fourth-order valence-corrected chi connectivity index (χ4v) is 3.14. The van der Waals surface area contributed by atoms with Gasteiger partial charge in [0.25, 0.3) is 0 Å². The number of phenolic OH excluding ortho intramolecular Hbond substituents is 1. The maximum atomic E-state index is 11.7. The SMILES string of the molecule is Cc1cc(=O)oc2c(CN3CCC(C(=O)O)CC3)c(O)ccc12. The monoisotopic (exact) mass is 317 g/mol. The average molecular weight is 317 g/mol. The van der Waals surface area contributed by atoms with E-state index in [9.17, 15) is 14.7 Å². The van der Waals surface area contributed by atoms with Crippen molar-refractivity contribution >= 4 is 16.9 Å². The summed E-state index contributed by atoms with van der Waals surface area (Å²) in [5.74, 6) is -0.960. The van der Waals surface area contributed by atoms with Crippen LogP contribution in [0.2, 0.25) is 0 Å². The van der Waals surface area contributed by atoms with Crippen LogP contribution in [0.1, 0.15) is 24.0 Å². The molecule has 0 aliphatic carbocycles. The van der Waals surface area contributed by atoms with E-state index in [-0.39, 0.29) is 11.7 Å². The second kappa shape index (κ2) is 6.04. The summed E-state index contributed by atoms with van der Waals surface area (Å²) in [5, 5.41) is 20.0. The number of nitrogens with zero attached hydrogens (tertiary/aromatic N) is 1. The Labute approximate surface area is 133 Å². The standard InChI is InChI=1S/C17H19NO5/c1-10-8-15(20)23-16-12(10)2-3-14(19)13(16)9-18-6-4-11(5-7-18)17(21)22/h2-3,8,11,19H,4-7,9H2,1H3,(H,21,22). The number of hydrogen-bond donors (Lipinski definition) is 2. The molecule has 0 saturated carbocycles. The van der Waals surface area contributed by atoms with Crippen molar-refractivity contribution in [2.75, 3.05) is 13.1 Å². The molecule has 1 aliphatic heterocycles. The minimum atomic E-state index is -0.751. The van der Waals surface area contributed by atoms with Crippen molar-refractivity contribution in [2.45, 2.75) is 26.3 Å². The maximum Gasteiger partial charge on any atom is 0.336 e. The Bertz CT molecular complexity index is 802. The zero-order valence-corrected chi connectivity index (χ0v) is 12.9. The Hall–Kier alpha value is -2.34. The molecule has 1 aromatic carbocycles. The molecule has 0 spiro atoms. The topological polar surface area (TPSA) is 91.0 Å². The Morgan fingerprint density at radius 3 is 2.70 bits per heavy atom. The van der Waals surface area contributed by atoms with Gasteiger partial charge < -0.3 is 14.6 Å². The van der Waals surface area contributed by atoms with Crippen LogP contribution in [0.4, 0.5) is 0 Å². The summed E-state index contributed by atoms with van der Waals surface area (Å²) < 4.78 is 5.32. The molecule has 0 unspecified atom stereocenters. The van der Waals surface area contributed by atoms with E-state index in [1.54, 1.807) is 12.1 Å². The number of hydrogen-bond acceptors (Lipinski definition) is 5. The molecule has 2 heterocycles. The second-order valence-electron chi connectivity index (χ2n) is 6.08. The van der Waals surface area contributed by atoms with Gasteiger partial charge in [0.2, 0.25) is 0 Å². The van der Waals surface area contributed by atoms with E-state index in [2.05, 4.69) is 4.90 Å². The van der Waals surface area contributed by atoms with Crippen molar-refractivity contribution < 1.29 is 19.4 Å². The van der Waals surface area contributed by atoms with E-state index < -0.39 is 11.6 Å². The van der Waals surface area contributed by atoms with E-state index in [1.807, 2.05) is 6.92 Å². The van der Waals surface area contributed by atoms with Gasteiger partial charge >= 0.3 is 11.6 Å². The van der Waals surface area contributed by atoms with E-state index in [4.69, 9.17) is 9.52 Å². The second-order valence-corrected chi connectivity index (χ2v) is 6.08. The molecule has 3 rings (SSSR count). The summed E-state index contributed by atoms with van der Waals surface area (Å²) in [6.07, 6.45) is 1.17. The fraction of sp³-hybridized carbons (Fsp3) is 0.412. The van der Waals surface area contributed by atoms with Crippen LogP contribution in [0.3, 0.4) is 0 Å². The molecule has 1 aliphatic rings. The number of piperidine rings is 1. The first kappa shape index (κ1) is 15.6. The molecule has 1 saturated heterocycles. The van der Waals surface area contributed by atoms with Crippen LogP contribution in [0, 0.1) is 12.8 Å². The third-order valence-electron chi connectivity index (χ3n) is 4.52. The molecule has 6 heteroatoms. The Morgan fingerprint density at radius 2 is 2.04 bits per heavy atom. The van der Waals surface area contributed by atoms with Crippen molar-refractivity contribution in [3.05, 3.63) is 39.7 Å². The third-order valence-corrected chi connectivity index (χ3v) is 4.52. The van der Waals surface area contributed by atoms with Crippen molar-refractivity contribution in [1.29, 1.82) is 0 Å². The highest BCUT2D eigenvalue weighted by Crippen LogP contribution is 2.30. The number of carbonyl (C=O) groups is 1. The summed E-state index contributed by atoms with van der Waals surface area (Å²) >= 11 is 0. The van der Waals surface area contributed by atoms with E-state index in [0.29, 0.717) is 43.6 Å². The van der Waals surface area contributed by atoms with Gasteiger partial charge in [-0.25, -0.2) is 4.79 Å². The van der Waals surface area contributed by atoms with Crippen LogP contribution in [-0.4, -0.2) is 34.2 Å². The summed E-state index contributed by atoms with van der Waals surface area (Å²) in [6.45, 7) is 3.55. The summed E-state index contributed by atoms with van der Waals surface area (Å²) in [6, 6.07) is 4.78. The highest BCUT2D eigenvalue weighted by Gasteiger charge is 2.25. The Morgan fingerprint density at radius 1 is 1.35 bits per heavy atom. The first-order valence-corrected chi connectivity index (χ1v) is 7.66. The summed E-state index contributed by atoms with van der Waals surface area (Å²) in [4.78, 5) is 24.7. The van der Waals surface area contributed by atoms with Gasteiger partial charge in [0, 0.05) is 18.0 Å². The smallest absolute Gasteiger partial charge is 0.336 e. The number of fused-ring (bicyclic) bond motifs is 1. The van der Waals surface area contributed by atoms with Crippen LogP contribution >= 0.6 is 0 Å². The number of aliphatic carboxylic acids is 1. The maximum absolute atomic E-state index is 11.7. The van der Waals surface area contributed by atoms with E-state index in [0.717, 1.165) is 10.9 Å². The highest BCUT2D eigenvalue weighted by molar-refractivity contribution is 5.84. The van der Waals surface area contributed by atoms with Gasteiger partial charge in [-0.1, -0.05) is 0 Å². The number of rotatable bonds is 3. The van der Waals surface area contributed by atoms with Crippen LogP contribution in [0.5, 0.6) is 5.75 Å².